The molecule has 16 nitrogen and oxygen atoms in total. The van der Waals surface area contributed by atoms with Gasteiger partial charge in [0.05, 0.1) is 35.1 Å². The van der Waals surface area contributed by atoms with Crippen molar-refractivity contribution in [1.82, 2.24) is 34.3 Å². The van der Waals surface area contributed by atoms with Gasteiger partial charge < -0.3 is 34.7 Å². The lowest BCUT2D eigenvalue weighted by Crippen LogP contribution is -2.35. The highest BCUT2D eigenvalue weighted by Gasteiger charge is 2.40. The number of aliphatic hydroxyl groups is 4. The smallest absolute Gasteiger partial charge is 0.354 e. The molecule has 0 spiro atoms. The Morgan fingerprint density at radius 1 is 0.610 bits per heavy atom. The standard InChI is InChI=1S/C23H25N3O3.C11H13NO2.C10H11NO3.C9H10ClNO.C5H3BrClN/c1-2-29-20-12-22-25-18(15-7-8-15)14-26(22)13-16(20)11-19(27)17-5-3-6-21(24-17)23(28)9-4-10-23;1-8(13)9-4-2-5-10(12-9)11(14)6-3-7-11;12-9(13)7-3-1-4-8(11-7)10(14)5-2-6-10;10-8-4-1-3-7(11-8)9(12)5-2-6-9;6-4-2-1-3-5(7)8-4/h3,5-6,12-15,28H,2,4,7-11H2,1H3;2,4-5,14H,3,6-7H2,1H3;1,3-4,14H,2,5-6H2,(H,12,13);1,3-4,12H,2,5-6H2;1-3H. The zero-order chi connectivity index (χ0) is 55.0. The molecule has 0 bridgehead atoms. The number of Topliss-reactive ketones (excluding diaryl/α,β-unsaturated/α-hetero) is 2. The number of carboxylic acids is 1. The second-order valence-corrected chi connectivity index (χ2v) is 21.7. The van der Waals surface area contributed by atoms with E-state index in [-0.39, 0.29) is 23.7 Å². The van der Waals surface area contributed by atoms with E-state index in [1.54, 1.807) is 60.7 Å². The van der Waals surface area contributed by atoms with E-state index in [4.69, 9.17) is 38.0 Å². The van der Waals surface area contributed by atoms with E-state index in [2.05, 4.69) is 47.0 Å². The van der Waals surface area contributed by atoms with Crippen molar-refractivity contribution in [2.45, 2.75) is 138 Å². The minimum absolute atomic E-state index is 0.0113. The number of rotatable bonds is 12. The van der Waals surface area contributed by atoms with Crippen molar-refractivity contribution in [2.75, 3.05) is 6.61 Å². The molecule has 0 aromatic carbocycles. The lowest BCUT2D eigenvalue weighted by atomic mass is 9.77. The number of aromatic nitrogens is 7. The van der Waals surface area contributed by atoms with E-state index in [9.17, 15) is 34.8 Å². The number of carbonyl (C=O) groups excluding carboxylic acids is 2. The molecule has 5 N–H and O–H groups in total. The van der Waals surface area contributed by atoms with Crippen LogP contribution in [0.15, 0.2) is 114 Å². The first kappa shape index (κ1) is 57.1. The molecule has 0 radical (unpaired) electrons. The van der Waals surface area contributed by atoms with Crippen molar-refractivity contribution in [3.8, 4) is 5.75 Å². The monoisotopic (exact) mass is 1150 g/mol. The molecule has 0 aliphatic heterocycles. The molecule has 0 amide bonds. The SMILES string of the molecule is CC(=O)c1cccc(C2(O)CCC2)n1.CCOc1cc2nc(C3CC3)cn2cc1CC(=O)c1cccc(C2(O)CCC2)n1.Clc1cccc(Br)n1.O=C(O)c1cccc(C2(O)CCC2)n1.OC1(c2cccc(Cl)n2)CCC1. The zero-order valence-electron chi connectivity index (χ0n) is 42.9. The average molecular weight is 1150 g/mol. The summed E-state index contributed by atoms with van der Waals surface area (Å²) in [4.78, 5) is 59.9. The van der Waals surface area contributed by atoms with Gasteiger partial charge in [0.1, 0.15) is 65.8 Å². The maximum atomic E-state index is 13.0. The third-order valence-corrected chi connectivity index (χ3v) is 15.3. The first-order chi connectivity index (χ1) is 36.8. The molecule has 5 fully saturated rings. The molecule has 0 atom stereocenters. The van der Waals surface area contributed by atoms with E-state index in [1.165, 1.54) is 25.8 Å². The predicted octanol–water partition coefficient (Wildman–Crippen LogP) is 11.2. The van der Waals surface area contributed by atoms with Crippen LogP contribution in [0.3, 0.4) is 0 Å². The van der Waals surface area contributed by atoms with Crippen molar-refractivity contribution >= 4 is 62.3 Å². The van der Waals surface area contributed by atoms with Crippen LogP contribution in [-0.4, -0.2) is 84.0 Å². The van der Waals surface area contributed by atoms with Gasteiger partial charge in [-0.15, -0.1) is 0 Å². The van der Waals surface area contributed by atoms with Gasteiger partial charge in [0.15, 0.2) is 11.6 Å². The Kier molecular flexibility index (Phi) is 18.4. The molecule has 5 aliphatic rings. The Morgan fingerprint density at radius 3 is 1.47 bits per heavy atom. The summed E-state index contributed by atoms with van der Waals surface area (Å²) in [5.41, 5.74) is 2.78. The maximum absolute atomic E-state index is 13.0. The van der Waals surface area contributed by atoms with E-state index < -0.39 is 28.4 Å². The van der Waals surface area contributed by atoms with Crippen molar-refractivity contribution in [3.63, 3.8) is 0 Å². The number of carbonyl (C=O) groups is 3. The minimum atomic E-state index is -1.06. The highest BCUT2D eigenvalue weighted by molar-refractivity contribution is 9.10. The van der Waals surface area contributed by atoms with E-state index in [1.807, 2.05) is 47.9 Å². The Morgan fingerprint density at radius 2 is 1.05 bits per heavy atom. The van der Waals surface area contributed by atoms with Crippen LogP contribution in [0.2, 0.25) is 10.3 Å². The fraction of sp³-hybridized carbons (Fsp3) is 0.397. The van der Waals surface area contributed by atoms with E-state index in [0.29, 0.717) is 88.4 Å². The maximum Gasteiger partial charge on any atom is 0.354 e. The van der Waals surface area contributed by atoms with Gasteiger partial charge in [0.25, 0.3) is 0 Å². The molecule has 7 aromatic heterocycles. The quantitative estimate of drug-likeness (QED) is 0.0564. The fourth-order valence-corrected chi connectivity index (χ4v) is 9.79. The molecule has 404 valence electrons. The lowest BCUT2D eigenvalue weighted by Gasteiger charge is -2.36. The van der Waals surface area contributed by atoms with Crippen LogP contribution in [0.5, 0.6) is 5.75 Å². The van der Waals surface area contributed by atoms with Crippen molar-refractivity contribution < 1.29 is 44.7 Å². The molecule has 12 rings (SSSR count). The van der Waals surface area contributed by atoms with E-state index in [0.717, 1.165) is 72.9 Å². The Bertz CT molecular complexity index is 3140. The number of fused-ring (bicyclic) bond motifs is 1. The van der Waals surface area contributed by atoms with Gasteiger partial charge in [-0.1, -0.05) is 53.5 Å². The molecule has 5 saturated carbocycles. The Labute approximate surface area is 465 Å². The number of ether oxygens (including phenoxy) is 1. The molecular formula is C58H62BrCl2N7O9. The van der Waals surface area contributed by atoms with Crippen LogP contribution in [0.4, 0.5) is 0 Å². The van der Waals surface area contributed by atoms with Gasteiger partial charge in [-0.2, -0.15) is 0 Å². The number of hydrogen-bond donors (Lipinski definition) is 5. The Hall–Kier alpha value is -6.05. The second kappa shape index (κ2) is 24.7. The predicted molar refractivity (Wildman–Crippen MR) is 293 cm³/mol. The highest BCUT2D eigenvalue weighted by Crippen LogP contribution is 2.43. The fourth-order valence-electron chi connectivity index (χ4n) is 9.02. The van der Waals surface area contributed by atoms with Crippen molar-refractivity contribution in [2.24, 2.45) is 0 Å². The minimum Gasteiger partial charge on any atom is -0.493 e. The third-order valence-electron chi connectivity index (χ3n) is 14.4. The third kappa shape index (κ3) is 14.4. The molecule has 7 heterocycles. The number of aromatic carboxylic acids is 1. The first-order valence-corrected chi connectivity index (χ1v) is 27.5. The van der Waals surface area contributed by atoms with Gasteiger partial charge in [-0.05, 0) is 173 Å². The van der Waals surface area contributed by atoms with Gasteiger partial charge in [-0.25, -0.2) is 34.7 Å². The van der Waals surface area contributed by atoms with Gasteiger partial charge >= 0.3 is 5.97 Å². The molecule has 19 heteroatoms. The van der Waals surface area contributed by atoms with Crippen molar-refractivity contribution in [1.29, 1.82) is 0 Å². The number of pyridine rings is 6. The van der Waals surface area contributed by atoms with Gasteiger partial charge in [0.2, 0.25) is 0 Å². The number of hydrogen-bond acceptors (Lipinski definition) is 14. The summed E-state index contributed by atoms with van der Waals surface area (Å²) >= 11 is 14.4. The normalized spacial score (nSPS) is 17.6. The molecule has 0 unspecified atom stereocenters. The summed E-state index contributed by atoms with van der Waals surface area (Å²) in [6.45, 7) is 3.94. The molecule has 77 heavy (non-hydrogen) atoms. The molecular weight excluding hydrogens is 1090 g/mol. The van der Waals surface area contributed by atoms with Gasteiger partial charge in [-0.3, -0.25) is 9.59 Å². The number of halogens is 3. The number of nitrogens with zero attached hydrogens (tertiary/aromatic N) is 7. The van der Waals surface area contributed by atoms with Crippen LogP contribution in [0, 0.1) is 0 Å². The van der Waals surface area contributed by atoms with E-state index >= 15 is 0 Å². The highest BCUT2D eigenvalue weighted by atomic mass is 79.9. The first-order valence-electron chi connectivity index (χ1n) is 25.9. The zero-order valence-corrected chi connectivity index (χ0v) is 46.0. The average Bonchev–Trinajstić information content (AvgIpc) is 4.16. The van der Waals surface area contributed by atoms with Crippen LogP contribution in [-0.2, 0) is 28.8 Å². The van der Waals surface area contributed by atoms with Crippen LogP contribution >= 0.6 is 39.1 Å². The summed E-state index contributed by atoms with van der Waals surface area (Å²) in [5.74, 6) is 0.0528. The van der Waals surface area contributed by atoms with Crippen LogP contribution in [0.1, 0.15) is 175 Å². The topological polar surface area (TPSA) is 243 Å². The summed E-state index contributed by atoms with van der Waals surface area (Å²) in [5, 5.41) is 50.1. The van der Waals surface area contributed by atoms with Crippen molar-refractivity contribution in [3.05, 3.63) is 175 Å². The number of carboxylic acid groups (broad SMARTS) is 1. The molecule has 0 saturated heterocycles. The second-order valence-electron chi connectivity index (χ2n) is 20.2. The largest absolute Gasteiger partial charge is 0.493 e. The summed E-state index contributed by atoms with van der Waals surface area (Å²) in [6, 6.07) is 27.9. The lowest BCUT2D eigenvalue weighted by molar-refractivity contribution is -0.0430. The molecule has 5 aliphatic carbocycles. The van der Waals surface area contributed by atoms with Gasteiger partial charge in [0, 0.05) is 43.3 Å². The summed E-state index contributed by atoms with van der Waals surface area (Å²) in [6.07, 6.45) is 16.5. The molecule has 7 aromatic rings. The number of ketones is 2. The van der Waals surface area contributed by atoms with Crippen LogP contribution < -0.4 is 4.74 Å². The summed E-state index contributed by atoms with van der Waals surface area (Å²) < 4.78 is 8.56. The number of imidazole rings is 1. The van der Waals surface area contributed by atoms with Crippen LogP contribution in [0.25, 0.3) is 5.65 Å². The Balaban J connectivity index is 0.000000138. The summed E-state index contributed by atoms with van der Waals surface area (Å²) in [7, 11) is 0.